The summed E-state index contributed by atoms with van der Waals surface area (Å²) in [6, 6.07) is 0. The van der Waals surface area contributed by atoms with Crippen LogP contribution in [0.15, 0.2) is 24.3 Å². The normalized spacial score (nSPS) is 11.6. The molecule has 1 rings (SSSR count). The van der Waals surface area contributed by atoms with Gasteiger partial charge in [-0.3, -0.25) is 0 Å². The summed E-state index contributed by atoms with van der Waals surface area (Å²) in [5, 5.41) is 0. The Morgan fingerprint density at radius 1 is 0.882 bits per heavy atom. The highest BCUT2D eigenvalue weighted by Crippen LogP contribution is 2.14. The number of hydrogen-bond donors (Lipinski definition) is 0. The van der Waals surface area contributed by atoms with Crippen LogP contribution in [0.3, 0.4) is 0 Å². The summed E-state index contributed by atoms with van der Waals surface area (Å²) in [5.74, 6) is -0.979. The lowest BCUT2D eigenvalue weighted by Crippen LogP contribution is -2.14. The highest BCUT2D eigenvalue weighted by molar-refractivity contribution is 5.87. The second kappa shape index (κ2) is 8.56. The van der Waals surface area contributed by atoms with E-state index in [0.29, 0.717) is 11.1 Å². The van der Waals surface area contributed by atoms with Gasteiger partial charge in [0.2, 0.25) is 0 Å². The van der Waals surface area contributed by atoms with Crippen LogP contribution < -0.4 is 0 Å². The first-order chi connectivity index (χ1) is 7.95. The smallest absolute Gasteiger partial charge is 0.333 e. The van der Waals surface area contributed by atoms with Crippen LogP contribution in [-0.2, 0) is 19.1 Å². The molecule has 0 aromatic carbocycles. The van der Waals surface area contributed by atoms with E-state index in [-0.39, 0.29) is 13.2 Å². The molecular formula is C13H20O4. The second-order valence-corrected chi connectivity index (χ2v) is 3.89. The molecule has 17 heavy (non-hydrogen) atoms. The van der Waals surface area contributed by atoms with Crippen molar-refractivity contribution in [2.24, 2.45) is 0 Å². The molecule has 96 valence electrons. The predicted molar refractivity (Wildman–Crippen MR) is 65.4 cm³/mol. The van der Waals surface area contributed by atoms with Crippen molar-refractivity contribution < 1.29 is 19.1 Å². The Labute approximate surface area is 102 Å². The Bertz CT molecular complexity index is 272. The molecule has 0 aromatic heterocycles. The Morgan fingerprint density at radius 3 is 1.35 bits per heavy atom. The van der Waals surface area contributed by atoms with Crippen molar-refractivity contribution in [3.05, 3.63) is 24.3 Å². The molecule has 1 aliphatic carbocycles. The molecule has 0 heterocycles. The first-order valence-electron chi connectivity index (χ1n) is 5.60. The van der Waals surface area contributed by atoms with Crippen molar-refractivity contribution in [1.82, 2.24) is 0 Å². The zero-order valence-electron chi connectivity index (χ0n) is 10.6. The summed E-state index contributed by atoms with van der Waals surface area (Å²) in [5.41, 5.74) is 0.632. The number of ether oxygens (including phenoxy) is 2. The van der Waals surface area contributed by atoms with Crippen LogP contribution in [0.25, 0.3) is 0 Å². The monoisotopic (exact) mass is 240 g/mol. The average molecular weight is 240 g/mol. The van der Waals surface area contributed by atoms with Gasteiger partial charge in [0.25, 0.3) is 0 Å². The van der Waals surface area contributed by atoms with E-state index in [0.717, 1.165) is 0 Å². The maximum atomic E-state index is 10.8. The highest BCUT2D eigenvalue weighted by Gasteiger charge is 2.05. The molecule has 0 atom stereocenters. The SMILES string of the molecule is C1CC1.C=C(C)C(=O)OCCOC(=O)C(=C)C. The number of rotatable bonds is 5. The number of hydrogen-bond acceptors (Lipinski definition) is 4. The predicted octanol–water partition coefficient (Wildman–Crippen LogP) is 2.40. The molecule has 0 bridgehead atoms. The van der Waals surface area contributed by atoms with Gasteiger partial charge >= 0.3 is 11.9 Å². The molecule has 0 unspecified atom stereocenters. The fourth-order valence-electron chi connectivity index (χ4n) is 0.515. The Balaban J connectivity index is 0.000000728. The van der Waals surface area contributed by atoms with Gasteiger partial charge in [-0.05, 0) is 13.8 Å². The van der Waals surface area contributed by atoms with Crippen molar-refractivity contribution >= 4 is 11.9 Å². The Kier molecular flexibility index (Phi) is 7.76. The van der Waals surface area contributed by atoms with Crippen molar-refractivity contribution in [2.45, 2.75) is 33.1 Å². The lowest BCUT2D eigenvalue weighted by atomic mass is 10.4. The molecule has 1 aliphatic rings. The molecule has 1 saturated carbocycles. The van der Waals surface area contributed by atoms with E-state index in [1.807, 2.05) is 0 Å². The van der Waals surface area contributed by atoms with Crippen LogP contribution in [-0.4, -0.2) is 25.2 Å². The molecule has 0 saturated heterocycles. The highest BCUT2D eigenvalue weighted by atomic mass is 16.6. The number of esters is 2. The standard InChI is InChI=1S/C10H14O4.C3H6/c1-7(2)9(11)13-5-6-14-10(12)8(3)4;1-2-3-1/h1,3,5-6H2,2,4H3;1-3H2. The van der Waals surface area contributed by atoms with Crippen molar-refractivity contribution in [1.29, 1.82) is 0 Å². The minimum absolute atomic E-state index is 0.0325. The fourth-order valence-corrected chi connectivity index (χ4v) is 0.515. The minimum Gasteiger partial charge on any atom is -0.459 e. The van der Waals surface area contributed by atoms with Gasteiger partial charge in [-0.25, -0.2) is 9.59 Å². The van der Waals surface area contributed by atoms with E-state index < -0.39 is 11.9 Å². The molecule has 0 radical (unpaired) electrons. The molecule has 4 heteroatoms. The average Bonchev–Trinajstić information content (AvgIpc) is 3.10. The van der Waals surface area contributed by atoms with Gasteiger partial charge < -0.3 is 9.47 Å². The molecule has 0 N–H and O–H groups in total. The van der Waals surface area contributed by atoms with E-state index in [1.54, 1.807) is 13.8 Å². The van der Waals surface area contributed by atoms with Crippen molar-refractivity contribution in [2.75, 3.05) is 13.2 Å². The minimum atomic E-state index is -0.489. The maximum Gasteiger partial charge on any atom is 0.333 e. The van der Waals surface area contributed by atoms with Crippen LogP contribution in [0, 0.1) is 0 Å². The lowest BCUT2D eigenvalue weighted by Gasteiger charge is -2.05. The van der Waals surface area contributed by atoms with Crippen molar-refractivity contribution in [3.8, 4) is 0 Å². The van der Waals surface area contributed by atoms with Gasteiger partial charge in [0.1, 0.15) is 13.2 Å². The van der Waals surface area contributed by atoms with Crippen LogP contribution in [0.1, 0.15) is 33.1 Å². The van der Waals surface area contributed by atoms with Crippen molar-refractivity contribution in [3.63, 3.8) is 0 Å². The molecule has 0 aliphatic heterocycles. The topological polar surface area (TPSA) is 52.6 Å². The second-order valence-electron chi connectivity index (χ2n) is 3.89. The number of carbonyl (C=O) groups excluding carboxylic acids is 2. The summed E-state index contributed by atoms with van der Waals surface area (Å²) in [4.78, 5) is 21.7. The van der Waals surface area contributed by atoms with E-state index in [9.17, 15) is 9.59 Å². The van der Waals surface area contributed by atoms with Gasteiger partial charge in [-0.1, -0.05) is 32.4 Å². The van der Waals surface area contributed by atoms with E-state index >= 15 is 0 Å². The van der Waals surface area contributed by atoms with Crippen LogP contribution in [0.2, 0.25) is 0 Å². The van der Waals surface area contributed by atoms with Gasteiger partial charge in [-0.15, -0.1) is 0 Å². The van der Waals surface area contributed by atoms with Crippen LogP contribution in [0.5, 0.6) is 0 Å². The van der Waals surface area contributed by atoms with Gasteiger partial charge in [0.15, 0.2) is 0 Å². The van der Waals surface area contributed by atoms with Gasteiger partial charge in [0.05, 0.1) is 0 Å². The summed E-state index contributed by atoms with van der Waals surface area (Å²) >= 11 is 0. The van der Waals surface area contributed by atoms with Gasteiger partial charge in [0, 0.05) is 11.1 Å². The zero-order valence-corrected chi connectivity index (χ0v) is 10.6. The quantitative estimate of drug-likeness (QED) is 0.420. The van der Waals surface area contributed by atoms with Crippen LogP contribution in [0.4, 0.5) is 0 Å². The molecule has 4 nitrogen and oxygen atoms in total. The summed E-state index contributed by atoms with van der Waals surface area (Å²) in [6.07, 6.45) is 4.50. The summed E-state index contributed by atoms with van der Waals surface area (Å²) in [6.45, 7) is 9.95. The van der Waals surface area contributed by atoms with Crippen LogP contribution >= 0.6 is 0 Å². The lowest BCUT2D eigenvalue weighted by molar-refractivity contribution is -0.147. The first-order valence-corrected chi connectivity index (χ1v) is 5.60. The maximum absolute atomic E-state index is 10.8. The number of carbonyl (C=O) groups is 2. The third-order valence-electron chi connectivity index (χ3n) is 1.60. The zero-order chi connectivity index (χ0) is 13.3. The van der Waals surface area contributed by atoms with E-state index in [1.165, 1.54) is 19.3 Å². The molecule has 1 fully saturated rings. The molecule has 0 aromatic rings. The Morgan fingerprint density at radius 2 is 1.18 bits per heavy atom. The summed E-state index contributed by atoms with van der Waals surface area (Å²) in [7, 11) is 0. The van der Waals surface area contributed by atoms with E-state index in [4.69, 9.17) is 0 Å². The van der Waals surface area contributed by atoms with E-state index in [2.05, 4.69) is 22.6 Å². The first kappa shape index (κ1) is 15.4. The fraction of sp³-hybridized carbons (Fsp3) is 0.538. The third-order valence-corrected chi connectivity index (χ3v) is 1.60. The van der Waals surface area contributed by atoms with Gasteiger partial charge in [-0.2, -0.15) is 0 Å². The molecular weight excluding hydrogens is 220 g/mol. The molecule has 0 amide bonds. The largest absolute Gasteiger partial charge is 0.459 e. The Hall–Kier alpha value is -1.58. The third kappa shape index (κ3) is 10.7. The summed E-state index contributed by atoms with van der Waals surface area (Å²) < 4.78 is 9.38. The molecule has 0 spiro atoms.